The van der Waals surface area contributed by atoms with Gasteiger partial charge < -0.3 is 19.7 Å². The van der Waals surface area contributed by atoms with Crippen LogP contribution in [0.1, 0.15) is 23.7 Å². The van der Waals surface area contributed by atoms with E-state index in [0.717, 1.165) is 0 Å². The van der Waals surface area contributed by atoms with Crippen molar-refractivity contribution in [1.82, 2.24) is 10.2 Å². The lowest BCUT2D eigenvalue weighted by Gasteiger charge is -2.27. The summed E-state index contributed by atoms with van der Waals surface area (Å²) >= 11 is 0. The van der Waals surface area contributed by atoms with Gasteiger partial charge in [-0.25, -0.2) is 8.42 Å². The van der Waals surface area contributed by atoms with Crippen LogP contribution in [0.5, 0.6) is 11.5 Å². The van der Waals surface area contributed by atoms with Crippen LogP contribution in [0, 0.1) is 0 Å². The number of fused-ring (bicyclic) bond motifs is 1. The molecule has 1 unspecified atom stereocenters. The minimum Gasteiger partial charge on any atom is -0.454 e. The summed E-state index contributed by atoms with van der Waals surface area (Å²) in [4.78, 5) is 25.5. The zero-order valence-corrected chi connectivity index (χ0v) is 14.7. The maximum absolute atomic E-state index is 12.2. The highest BCUT2D eigenvalue weighted by molar-refractivity contribution is 7.91. The molecule has 0 aromatic heterocycles. The fraction of sp³-hybridized carbons (Fsp3) is 0.500. The van der Waals surface area contributed by atoms with Gasteiger partial charge in [0, 0.05) is 31.6 Å². The summed E-state index contributed by atoms with van der Waals surface area (Å²) in [6.45, 7) is 2.05. The van der Waals surface area contributed by atoms with Gasteiger partial charge >= 0.3 is 0 Å². The average Bonchev–Trinajstić information content (AvgIpc) is 3.16. The molecule has 1 N–H and O–H groups in total. The second kappa shape index (κ2) is 6.91. The molecule has 0 aliphatic carbocycles. The van der Waals surface area contributed by atoms with E-state index in [0.29, 0.717) is 23.5 Å². The molecule has 8 nitrogen and oxygen atoms in total. The third kappa shape index (κ3) is 4.04. The van der Waals surface area contributed by atoms with Crippen LogP contribution in [0.2, 0.25) is 0 Å². The molecule has 0 saturated carbocycles. The van der Waals surface area contributed by atoms with Gasteiger partial charge in [0.25, 0.3) is 5.91 Å². The monoisotopic (exact) mass is 368 g/mol. The van der Waals surface area contributed by atoms with Crippen LogP contribution >= 0.6 is 0 Å². The van der Waals surface area contributed by atoms with Gasteiger partial charge in [-0.2, -0.15) is 0 Å². The van der Waals surface area contributed by atoms with Gasteiger partial charge in [-0.1, -0.05) is 0 Å². The van der Waals surface area contributed by atoms with E-state index in [-0.39, 0.29) is 49.2 Å². The molecule has 9 heteroatoms. The number of nitrogens with zero attached hydrogens (tertiary/aromatic N) is 1. The lowest BCUT2D eigenvalue weighted by Crippen LogP contribution is -2.44. The molecule has 1 aromatic carbocycles. The summed E-state index contributed by atoms with van der Waals surface area (Å²) in [5, 5.41) is 2.74. The van der Waals surface area contributed by atoms with Gasteiger partial charge in [0.15, 0.2) is 21.3 Å². The molecule has 1 fully saturated rings. The number of ether oxygens (including phenoxy) is 2. The van der Waals surface area contributed by atoms with Gasteiger partial charge in [-0.3, -0.25) is 9.59 Å². The van der Waals surface area contributed by atoms with Crippen molar-refractivity contribution in [2.75, 3.05) is 31.4 Å². The number of carbonyl (C=O) groups is 2. The minimum atomic E-state index is -3.07. The summed E-state index contributed by atoms with van der Waals surface area (Å²) in [7, 11) is -3.07. The highest BCUT2D eigenvalue weighted by atomic mass is 32.2. The maximum atomic E-state index is 12.2. The van der Waals surface area contributed by atoms with E-state index in [4.69, 9.17) is 9.47 Å². The topological polar surface area (TPSA) is 102 Å². The zero-order valence-electron chi connectivity index (χ0n) is 13.9. The molecule has 25 heavy (non-hydrogen) atoms. The molecule has 0 bridgehead atoms. The summed E-state index contributed by atoms with van der Waals surface area (Å²) in [5.74, 6) is 0.726. The Hall–Kier alpha value is -2.29. The number of amides is 2. The van der Waals surface area contributed by atoms with Crippen LogP contribution in [-0.4, -0.2) is 62.6 Å². The normalized spacial score (nSPS) is 20.3. The minimum absolute atomic E-state index is 0.0112. The summed E-state index contributed by atoms with van der Waals surface area (Å²) < 4.78 is 33.6. The molecule has 3 rings (SSSR count). The molecule has 0 spiro atoms. The van der Waals surface area contributed by atoms with E-state index in [9.17, 15) is 18.0 Å². The average molecular weight is 368 g/mol. The maximum Gasteiger partial charge on any atom is 0.251 e. The second-order valence-electron chi connectivity index (χ2n) is 6.09. The number of rotatable bonds is 5. The quantitative estimate of drug-likeness (QED) is 0.796. The number of hydrogen-bond acceptors (Lipinski definition) is 6. The number of sulfone groups is 1. The predicted molar refractivity (Wildman–Crippen MR) is 89.3 cm³/mol. The van der Waals surface area contributed by atoms with Crippen LogP contribution in [-0.2, 0) is 14.6 Å². The number of hydrogen-bond donors (Lipinski definition) is 1. The van der Waals surface area contributed by atoms with Gasteiger partial charge in [0.2, 0.25) is 12.7 Å². The van der Waals surface area contributed by atoms with Gasteiger partial charge in [0.1, 0.15) is 0 Å². The Labute approximate surface area is 146 Å². The first-order valence-electron chi connectivity index (χ1n) is 8.01. The van der Waals surface area contributed by atoms with E-state index in [1.165, 1.54) is 11.8 Å². The highest BCUT2D eigenvalue weighted by Crippen LogP contribution is 2.32. The van der Waals surface area contributed by atoms with Crippen LogP contribution < -0.4 is 14.8 Å². The molecular formula is C16H20N2O6S. The van der Waals surface area contributed by atoms with Crippen molar-refractivity contribution in [1.29, 1.82) is 0 Å². The fourth-order valence-electron chi connectivity index (χ4n) is 3.05. The van der Waals surface area contributed by atoms with Crippen molar-refractivity contribution in [3.8, 4) is 11.5 Å². The second-order valence-corrected chi connectivity index (χ2v) is 8.32. The highest BCUT2D eigenvalue weighted by Gasteiger charge is 2.33. The van der Waals surface area contributed by atoms with Crippen molar-refractivity contribution < 1.29 is 27.5 Å². The number of benzene rings is 1. The molecule has 136 valence electrons. The van der Waals surface area contributed by atoms with E-state index in [1.54, 1.807) is 18.2 Å². The Morgan fingerprint density at radius 2 is 2.04 bits per heavy atom. The van der Waals surface area contributed by atoms with E-state index < -0.39 is 9.84 Å². The summed E-state index contributed by atoms with van der Waals surface area (Å²) in [6, 6.07) is 4.59. The zero-order chi connectivity index (χ0) is 18.0. The van der Waals surface area contributed by atoms with E-state index >= 15 is 0 Å². The Morgan fingerprint density at radius 3 is 2.72 bits per heavy atom. The Kier molecular flexibility index (Phi) is 4.85. The van der Waals surface area contributed by atoms with Gasteiger partial charge in [-0.05, 0) is 24.6 Å². The molecule has 2 heterocycles. The third-order valence-electron chi connectivity index (χ3n) is 4.33. The van der Waals surface area contributed by atoms with E-state index in [2.05, 4.69) is 5.32 Å². The summed E-state index contributed by atoms with van der Waals surface area (Å²) in [6.07, 6.45) is 0.442. The molecule has 0 radical (unpaired) electrons. The van der Waals surface area contributed by atoms with Crippen molar-refractivity contribution in [3.05, 3.63) is 23.8 Å². The van der Waals surface area contributed by atoms with Crippen LogP contribution in [0.4, 0.5) is 0 Å². The van der Waals surface area contributed by atoms with Crippen LogP contribution in [0.3, 0.4) is 0 Å². The first kappa shape index (κ1) is 17.5. The Morgan fingerprint density at radius 1 is 1.28 bits per heavy atom. The molecule has 2 amide bonds. The molecular weight excluding hydrogens is 348 g/mol. The van der Waals surface area contributed by atoms with Crippen molar-refractivity contribution in [3.63, 3.8) is 0 Å². The molecule has 1 atom stereocenters. The molecule has 2 aliphatic rings. The Bertz CT molecular complexity index is 792. The van der Waals surface area contributed by atoms with Gasteiger partial charge in [-0.15, -0.1) is 0 Å². The van der Waals surface area contributed by atoms with Crippen molar-refractivity contribution >= 4 is 21.7 Å². The van der Waals surface area contributed by atoms with Crippen molar-refractivity contribution in [2.45, 2.75) is 19.4 Å². The molecule has 1 aromatic rings. The Balaban J connectivity index is 1.55. The lowest BCUT2D eigenvalue weighted by atomic mass is 10.2. The lowest BCUT2D eigenvalue weighted by molar-refractivity contribution is -0.130. The van der Waals surface area contributed by atoms with Crippen LogP contribution in [0.25, 0.3) is 0 Å². The van der Waals surface area contributed by atoms with Crippen molar-refractivity contribution in [2.24, 2.45) is 0 Å². The standard InChI is InChI=1S/C16H20N2O6S/c1-11(19)18(13-4-7-25(21,22)9-13)6-5-17-16(20)12-2-3-14-15(8-12)24-10-23-14/h2-3,8,13H,4-7,9-10H2,1H3,(H,17,20). The SMILES string of the molecule is CC(=O)N(CCNC(=O)c1ccc2c(c1)OCO2)C1CCS(=O)(=O)C1. The first-order valence-corrected chi connectivity index (χ1v) is 9.83. The molecule has 1 saturated heterocycles. The fourth-order valence-corrected chi connectivity index (χ4v) is 4.78. The molecule has 2 aliphatic heterocycles. The number of carbonyl (C=O) groups excluding carboxylic acids is 2. The van der Waals surface area contributed by atoms with Crippen LogP contribution in [0.15, 0.2) is 18.2 Å². The first-order chi connectivity index (χ1) is 11.9. The van der Waals surface area contributed by atoms with E-state index in [1.807, 2.05) is 0 Å². The summed E-state index contributed by atoms with van der Waals surface area (Å²) in [5.41, 5.74) is 0.432. The van der Waals surface area contributed by atoms with Gasteiger partial charge in [0.05, 0.1) is 11.5 Å². The smallest absolute Gasteiger partial charge is 0.251 e. The third-order valence-corrected chi connectivity index (χ3v) is 6.08. The number of nitrogens with one attached hydrogen (secondary N) is 1. The largest absolute Gasteiger partial charge is 0.454 e. The predicted octanol–water partition coefficient (Wildman–Crippen LogP) is 0.181.